The van der Waals surface area contributed by atoms with Crippen LogP contribution in [0.15, 0.2) is 12.1 Å². The minimum Gasteiger partial charge on any atom is -0.481 e. The van der Waals surface area contributed by atoms with E-state index < -0.39 is 0 Å². The predicted octanol–water partition coefficient (Wildman–Crippen LogP) is 2.76. The first-order chi connectivity index (χ1) is 8.72. The van der Waals surface area contributed by atoms with E-state index in [1.165, 1.54) is 25.7 Å². The van der Waals surface area contributed by atoms with E-state index in [-0.39, 0.29) is 0 Å². The van der Waals surface area contributed by atoms with Gasteiger partial charge in [-0.3, -0.25) is 0 Å². The molecule has 0 bridgehead atoms. The molecular formula is C13H21N3OS. The number of pyridine rings is 1. The fourth-order valence-corrected chi connectivity index (χ4v) is 3.06. The van der Waals surface area contributed by atoms with Gasteiger partial charge in [0.05, 0.1) is 12.8 Å². The van der Waals surface area contributed by atoms with E-state index in [4.69, 9.17) is 10.5 Å². The molecule has 0 saturated heterocycles. The van der Waals surface area contributed by atoms with E-state index in [2.05, 4.69) is 16.6 Å². The number of nitrogens with one attached hydrogen (secondary N) is 1. The van der Waals surface area contributed by atoms with Crippen LogP contribution in [0.25, 0.3) is 0 Å². The van der Waals surface area contributed by atoms with E-state index in [0.29, 0.717) is 17.6 Å². The van der Waals surface area contributed by atoms with Crippen LogP contribution >= 0.6 is 11.8 Å². The Balaban J connectivity index is 1.97. The highest BCUT2D eigenvalue weighted by atomic mass is 32.2. The molecule has 1 aromatic rings. The summed E-state index contributed by atoms with van der Waals surface area (Å²) in [6.45, 7) is 0. The van der Waals surface area contributed by atoms with Crippen LogP contribution in [-0.2, 0) is 0 Å². The average molecular weight is 267 g/mol. The molecule has 1 saturated carbocycles. The predicted molar refractivity (Wildman–Crippen MR) is 78.4 cm³/mol. The van der Waals surface area contributed by atoms with Gasteiger partial charge in [-0.05, 0) is 38.0 Å². The van der Waals surface area contributed by atoms with Crippen molar-refractivity contribution >= 4 is 23.3 Å². The maximum absolute atomic E-state index is 5.93. The van der Waals surface area contributed by atoms with E-state index in [1.54, 1.807) is 13.2 Å². The number of hydrogen-bond donors (Lipinski definition) is 2. The Bertz CT molecular complexity index is 392. The molecule has 3 N–H and O–H groups in total. The molecule has 2 rings (SSSR count). The first-order valence-electron chi connectivity index (χ1n) is 6.32. The zero-order chi connectivity index (χ0) is 13.0. The van der Waals surface area contributed by atoms with Gasteiger partial charge in [-0.15, -0.1) is 0 Å². The van der Waals surface area contributed by atoms with Crippen LogP contribution in [0.3, 0.4) is 0 Å². The number of aromatic nitrogens is 1. The molecule has 0 aromatic carbocycles. The number of anilines is 2. The number of ether oxygens (including phenoxy) is 1. The largest absolute Gasteiger partial charge is 0.481 e. The van der Waals surface area contributed by atoms with Gasteiger partial charge in [-0.25, -0.2) is 0 Å². The summed E-state index contributed by atoms with van der Waals surface area (Å²) in [5, 5.41) is 4.26. The number of rotatable bonds is 4. The van der Waals surface area contributed by atoms with Gasteiger partial charge in [0.15, 0.2) is 5.82 Å². The SMILES string of the molecule is COc1ccc(N)c(NC2CCC(SC)CC2)n1. The van der Waals surface area contributed by atoms with Crippen molar-refractivity contribution < 1.29 is 4.74 Å². The molecule has 0 aliphatic heterocycles. The number of thioether (sulfide) groups is 1. The van der Waals surface area contributed by atoms with E-state index in [9.17, 15) is 0 Å². The molecule has 0 atom stereocenters. The molecule has 4 nitrogen and oxygen atoms in total. The Morgan fingerprint density at radius 1 is 1.33 bits per heavy atom. The van der Waals surface area contributed by atoms with Crippen LogP contribution in [0, 0.1) is 0 Å². The van der Waals surface area contributed by atoms with Gasteiger partial charge in [0.25, 0.3) is 0 Å². The van der Waals surface area contributed by atoms with Crippen molar-refractivity contribution in [2.45, 2.75) is 37.0 Å². The second-order valence-corrected chi connectivity index (χ2v) is 5.78. The topological polar surface area (TPSA) is 60.2 Å². The molecule has 1 aliphatic rings. The lowest BCUT2D eigenvalue weighted by molar-refractivity contribution is 0.398. The molecule has 0 radical (unpaired) electrons. The van der Waals surface area contributed by atoms with Crippen molar-refractivity contribution in [2.75, 3.05) is 24.4 Å². The van der Waals surface area contributed by atoms with Crippen molar-refractivity contribution in [2.24, 2.45) is 0 Å². The molecule has 5 heteroatoms. The molecule has 1 fully saturated rings. The number of nitrogens with two attached hydrogens (primary N) is 1. The minimum atomic E-state index is 0.482. The first-order valence-corrected chi connectivity index (χ1v) is 7.61. The van der Waals surface area contributed by atoms with Crippen LogP contribution < -0.4 is 15.8 Å². The van der Waals surface area contributed by atoms with E-state index in [0.717, 1.165) is 11.1 Å². The Kier molecular flexibility index (Phi) is 4.58. The summed E-state index contributed by atoms with van der Waals surface area (Å²) < 4.78 is 5.12. The van der Waals surface area contributed by atoms with Crippen LogP contribution in [-0.4, -0.2) is 29.6 Å². The molecular weight excluding hydrogens is 246 g/mol. The fraction of sp³-hybridized carbons (Fsp3) is 0.615. The minimum absolute atomic E-state index is 0.482. The maximum Gasteiger partial charge on any atom is 0.215 e. The summed E-state index contributed by atoms with van der Waals surface area (Å²) in [5.41, 5.74) is 6.61. The molecule has 18 heavy (non-hydrogen) atoms. The van der Waals surface area contributed by atoms with Gasteiger partial charge in [-0.1, -0.05) is 0 Å². The van der Waals surface area contributed by atoms with Gasteiger partial charge >= 0.3 is 0 Å². The summed E-state index contributed by atoms with van der Waals surface area (Å²) in [5.74, 6) is 1.35. The fourth-order valence-electron chi connectivity index (χ4n) is 2.32. The zero-order valence-corrected chi connectivity index (χ0v) is 11.8. The zero-order valence-electron chi connectivity index (χ0n) is 11.0. The van der Waals surface area contributed by atoms with Gasteiger partial charge in [-0.2, -0.15) is 16.7 Å². The number of methoxy groups -OCH3 is 1. The third kappa shape index (κ3) is 3.22. The maximum atomic E-state index is 5.93. The van der Waals surface area contributed by atoms with Crippen molar-refractivity contribution in [3.8, 4) is 5.88 Å². The van der Waals surface area contributed by atoms with Gasteiger partial charge in [0.1, 0.15) is 0 Å². The Morgan fingerprint density at radius 3 is 2.67 bits per heavy atom. The average Bonchev–Trinajstić information content (AvgIpc) is 2.42. The summed E-state index contributed by atoms with van der Waals surface area (Å²) in [6, 6.07) is 4.10. The first kappa shape index (κ1) is 13.3. The van der Waals surface area contributed by atoms with Gasteiger partial charge < -0.3 is 15.8 Å². The normalized spacial score (nSPS) is 23.7. The Hall–Kier alpha value is -1.10. The third-order valence-corrected chi connectivity index (χ3v) is 4.60. The highest BCUT2D eigenvalue weighted by Gasteiger charge is 2.21. The van der Waals surface area contributed by atoms with E-state index in [1.807, 2.05) is 17.8 Å². The molecule has 0 amide bonds. The van der Waals surface area contributed by atoms with Crippen LogP contribution in [0.2, 0.25) is 0 Å². The summed E-state index contributed by atoms with van der Waals surface area (Å²) in [4.78, 5) is 4.36. The van der Waals surface area contributed by atoms with Gasteiger partial charge in [0.2, 0.25) is 5.88 Å². The van der Waals surface area contributed by atoms with Crippen LogP contribution in [0.1, 0.15) is 25.7 Å². The summed E-state index contributed by atoms with van der Waals surface area (Å²) >= 11 is 1.98. The number of nitrogens with zero attached hydrogens (tertiary/aromatic N) is 1. The third-order valence-electron chi connectivity index (χ3n) is 3.46. The second kappa shape index (κ2) is 6.18. The second-order valence-electron chi connectivity index (χ2n) is 4.65. The summed E-state index contributed by atoms with van der Waals surface area (Å²) in [6.07, 6.45) is 7.10. The highest BCUT2D eigenvalue weighted by molar-refractivity contribution is 7.99. The van der Waals surface area contributed by atoms with Crippen molar-refractivity contribution in [1.29, 1.82) is 0 Å². The Labute approximate surface area is 113 Å². The standard InChI is InChI=1S/C13H21N3OS/c1-17-12-8-7-11(14)13(16-12)15-9-3-5-10(18-2)6-4-9/h7-10H,3-6,14H2,1-2H3,(H,15,16). The molecule has 0 unspecified atom stereocenters. The quantitative estimate of drug-likeness (QED) is 0.878. The highest BCUT2D eigenvalue weighted by Crippen LogP contribution is 2.29. The molecule has 100 valence electrons. The Morgan fingerprint density at radius 2 is 2.06 bits per heavy atom. The monoisotopic (exact) mass is 267 g/mol. The number of nitrogen functional groups attached to an aromatic ring is 1. The lowest BCUT2D eigenvalue weighted by Crippen LogP contribution is -2.27. The lowest BCUT2D eigenvalue weighted by Gasteiger charge is -2.28. The van der Waals surface area contributed by atoms with Gasteiger partial charge in [0, 0.05) is 17.4 Å². The molecule has 1 heterocycles. The molecule has 1 aliphatic carbocycles. The van der Waals surface area contributed by atoms with Crippen LogP contribution in [0.5, 0.6) is 5.88 Å². The number of hydrogen-bond acceptors (Lipinski definition) is 5. The van der Waals surface area contributed by atoms with Crippen molar-refractivity contribution in [3.63, 3.8) is 0 Å². The van der Waals surface area contributed by atoms with Crippen molar-refractivity contribution in [1.82, 2.24) is 4.98 Å². The van der Waals surface area contributed by atoms with Crippen molar-refractivity contribution in [3.05, 3.63) is 12.1 Å². The summed E-state index contributed by atoms with van der Waals surface area (Å²) in [7, 11) is 1.62. The van der Waals surface area contributed by atoms with E-state index >= 15 is 0 Å². The molecule has 1 aromatic heterocycles. The molecule has 0 spiro atoms. The van der Waals surface area contributed by atoms with Crippen LogP contribution in [0.4, 0.5) is 11.5 Å². The smallest absolute Gasteiger partial charge is 0.215 e. The lowest BCUT2D eigenvalue weighted by atomic mass is 9.95.